The van der Waals surface area contributed by atoms with Gasteiger partial charge in [-0.1, -0.05) is 42.5 Å². The van der Waals surface area contributed by atoms with E-state index in [9.17, 15) is 9.59 Å². The molecule has 0 aromatic heterocycles. The summed E-state index contributed by atoms with van der Waals surface area (Å²) < 4.78 is 0. The number of hydrogen-bond acceptors (Lipinski definition) is 2. The van der Waals surface area contributed by atoms with E-state index in [1.54, 1.807) is 4.90 Å². The number of ketones is 1. The molecule has 1 heterocycles. The fourth-order valence-electron chi connectivity index (χ4n) is 2.91. The van der Waals surface area contributed by atoms with Gasteiger partial charge in [0.05, 0.1) is 6.54 Å². The van der Waals surface area contributed by atoms with Crippen molar-refractivity contribution >= 4 is 11.7 Å². The van der Waals surface area contributed by atoms with Gasteiger partial charge in [-0.05, 0) is 36.1 Å². The highest BCUT2D eigenvalue weighted by Crippen LogP contribution is 2.18. The Kier molecular flexibility index (Phi) is 4.05. The molecule has 1 amide bonds. The van der Waals surface area contributed by atoms with E-state index in [-0.39, 0.29) is 18.2 Å². The molecule has 0 fully saturated rings. The Bertz CT molecular complexity index is 721. The van der Waals surface area contributed by atoms with E-state index in [4.69, 9.17) is 0 Å². The maximum Gasteiger partial charge on any atom is 0.254 e. The first-order chi connectivity index (χ1) is 10.6. The predicted molar refractivity (Wildman–Crippen MR) is 85.9 cm³/mol. The molecule has 3 heteroatoms. The summed E-state index contributed by atoms with van der Waals surface area (Å²) in [7, 11) is 0. The zero-order valence-corrected chi connectivity index (χ0v) is 12.7. The topological polar surface area (TPSA) is 37.4 Å². The number of aryl methyl sites for hydroxylation is 1. The van der Waals surface area contributed by atoms with Gasteiger partial charge < -0.3 is 4.90 Å². The van der Waals surface area contributed by atoms with Crippen LogP contribution in [0.1, 0.15) is 27.0 Å². The Labute approximate surface area is 130 Å². The highest BCUT2D eigenvalue weighted by Gasteiger charge is 2.25. The van der Waals surface area contributed by atoms with Crippen LogP contribution in [0.4, 0.5) is 0 Å². The Morgan fingerprint density at radius 3 is 2.64 bits per heavy atom. The predicted octanol–water partition coefficient (Wildman–Crippen LogP) is 2.81. The molecule has 0 radical (unpaired) electrons. The fourth-order valence-corrected chi connectivity index (χ4v) is 2.91. The molecule has 0 saturated carbocycles. The summed E-state index contributed by atoms with van der Waals surface area (Å²) in [5.41, 5.74) is 3.97. The molecule has 2 aromatic carbocycles. The molecule has 1 aliphatic heterocycles. The fraction of sp³-hybridized carbons (Fsp3) is 0.263. The second-order valence-electron chi connectivity index (χ2n) is 5.78. The number of fused-ring (bicyclic) bond motifs is 1. The van der Waals surface area contributed by atoms with Gasteiger partial charge in [-0.15, -0.1) is 0 Å². The van der Waals surface area contributed by atoms with E-state index in [1.165, 1.54) is 0 Å². The normalized spacial score (nSPS) is 13.9. The lowest BCUT2D eigenvalue weighted by molar-refractivity contribution is -0.119. The average molecular weight is 293 g/mol. The number of hydrogen-bond donors (Lipinski definition) is 0. The minimum Gasteiger partial charge on any atom is -0.331 e. The zero-order valence-electron chi connectivity index (χ0n) is 12.7. The Balaban J connectivity index is 1.68. The standard InChI is InChI=1S/C19H19NO2/c1-14-6-2-3-8-16(14)12-17(21)13-20-11-10-15-7-4-5-9-18(15)19(20)22/h2-9H,10-13H2,1H3. The van der Waals surface area contributed by atoms with E-state index in [2.05, 4.69) is 0 Å². The first-order valence-corrected chi connectivity index (χ1v) is 7.58. The quantitative estimate of drug-likeness (QED) is 0.869. The lowest BCUT2D eigenvalue weighted by Gasteiger charge is -2.28. The van der Waals surface area contributed by atoms with Crippen LogP contribution < -0.4 is 0 Å². The maximum absolute atomic E-state index is 12.4. The van der Waals surface area contributed by atoms with E-state index in [0.717, 1.165) is 28.7 Å². The Morgan fingerprint density at radius 1 is 1.09 bits per heavy atom. The zero-order chi connectivity index (χ0) is 15.5. The van der Waals surface area contributed by atoms with E-state index in [1.807, 2.05) is 55.5 Å². The third kappa shape index (κ3) is 2.93. The van der Waals surface area contributed by atoms with E-state index < -0.39 is 0 Å². The molecular weight excluding hydrogens is 274 g/mol. The van der Waals surface area contributed by atoms with Gasteiger partial charge in [-0.2, -0.15) is 0 Å². The lowest BCUT2D eigenvalue weighted by Crippen LogP contribution is -2.41. The minimum absolute atomic E-state index is 0.0278. The first kappa shape index (κ1) is 14.5. The maximum atomic E-state index is 12.4. The first-order valence-electron chi connectivity index (χ1n) is 7.58. The molecule has 0 atom stereocenters. The van der Waals surface area contributed by atoms with Crippen LogP contribution in [0.25, 0.3) is 0 Å². The molecule has 2 aromatic rings. The van der Waals surface area contributed by atoms with Crippen molar-refractivity contribution in [3.8, 4) is 0 Å². The number of nitrogens with zero attached hydrogens (tertiary/aromatic N) is 1. The van der Waals surface area contributed by atoms with E-state index in [0.29, 0.717) is 13.0 Å². The molecule has 3 rings (SSSR count). The van der Waals surface area contributed by atoms with Crippen molar-refractivity contribution in [2.45, 2.75) is 19.8 Å². The van der Waals surface area contributed by atoms with Gasteiger partial charge in [0.1, 0.15) is 0 Å². The highest BCUT2D eigenvalue weighted by molar-refractivity contribution is 5.99. The van der Waals surface area contributed by atoms with Crippen LogP contribution in [0.3, 0.4) is 0 Å². The van der Waals surface area contributed by atoms with Crippen molar-refractivity contribution in [1.29, 1.82) is 0 Å². The van der Waals surface area contributed by atoms with Crippen molar-refractivity contribution in [2.24, 2.45) is 0 Å². The van der Waals surface area contributed by atoms with Crippen molar-refractivity contribution in [3.63, 3.8) is 0 Å². The van der Waals surface area contributed by atoms with Gasteiger partial charge >= 0.3 is 0 Å². The van der Waals surface area contributed by atoms with Gasteiger partial charge in [-0.3, -0.25) is 9.59 Å². The molecule has 3 nitrogen and oxygen atoms in total. The molecule has 1 aliphatic rings. The van der Waals surface area contributed by atoms with Gasteiger partial charge in [0.25, 0.3) is 5.91 Å². The number of rotatable bonds is 4. The Morgan fingerprint density at radius 2 is 1.82 bits per heavy atom. The van der Waals surface area contributed by atoms with Crippen LogP contribution in [-0.2, 0) is 17.6 Å². The third-order valence-corrected chi connectivity index (χ3v) is 4.20. The highest BCUT2D eigenvalue weighted by atomic mass is 16.2. The van der Waals surface area contributed by atoms with E-state index >= 15 is 0 Å². The smallest absolute Gasteiger partial charge is 0.254 e. The largest absolute Gasteiger partial charge is 0.331 e. The summed E-state index contributed by atoms with van der Waals surface area (Å²) in [6, 6.07) is 15.5. The van der Waals surface area contributed by atoms with Crippen LogP contribution in [0.5, 0.6) is 0 Å². The average Bonchev–Trinajstić information content (AvgIpc) is 2.53. The molecule has 0 bridgehead atoms. The number of carbonyl (C=O) groups is 2. The number of amides is 1. The monoisotopic (exact) mass is 293 g/mol. The molecule has 0 saturated heterocycles. The summed E-state index contributed by atoms with van der Waals surface area (Å²) in [6.07, 6.45) is 1.21. The van der Waals surface area contributed by atoms with Crippen LogP contribution >= 0.6 is 0 Å². The Hall–Kier alpha value is -2.42. The minimum atomic E-state index is -0.0278. The second kappa shape index (κ2) is 6.14. The van der Waals surface area contributed by atoms with Gasteiger partial charge in [0, 0.05) is 18.5 Å². The SMILES string of the molecule is Cc1ccccc1CC(=O)CN1CCc2ccccc2C1=O. The number of carbonyl (C=O) groups excluding carboxylic acids is 2. The van der Waals surface area contributed by atoms with Crippen LogP contribution in [-0.4, -0.2) is 29.7 Å². The van der Waals surface area contributed by atoms with Crippen molar-refractivity contribution in [3.05, 3.63) is 70.8 Å². The summed E-state index contributed by atoms with van der Waals surface area (Å²) in [5.74, 6) is 0.0574. The molecule has 0 spiro atoms. The number of benzene rings is 2. The molecule has 0 aliphatic carbocycles. The van der Waals surface area contributed by atoms with Gasteiger partial charge in [0.15, 0.2) is 5.78 Å². The van der Waals surface area contributed by atoms with Crippen molar-refractivity contribution < 1.29 is 9.59 Å². The summed E-state index contributed by atoms with van der Waals surface area (Å²) in [4.78, 5) is 26.4. The molecule has 112 valence electrons. The van der Waals surface area contributed by atoms with Crippen molar-refractivity contribution in [1.82, 2.24) is 4.90 Å². The van der Waals surface area contributed by atoms with Crippen molar-refractivity contribution in [2.75, 3.05) is 13.1 Å². The summed E-state index contributed by atoms with van der Waals surface area (Å²) in [5, 5.41) is 0. The second-order valence-corrected chi connectivity index (χ2v) is 5.78. The molecule has 0 N–H and O–H groups in total. The van der Waals surface area contributed by atoms with Crippen LogP contribution in [0.15, 0.2) is 48.5 Å². The summed E-state index contributed by atoms with van der Waals surface area (Å²) >= 11 is 0. The van der Waals surface area contributed by atoms with Gasteiger partial charge in [-0.25, -0.2) is 0 Å². The lowest BCUT2D eigenvalue weighted by atomic mass is 9.98. The molecule has 22 heavy (non-hydrogen) atoms. The molecule has 0 unspecified atom stereocenters. The molecular formula is C19H19NO2. The van der Waals surface area contributed by atoms with Gasteiger partial charge in [0.2, 0.25) is 0 Å². The summed E-state index contributed by atoms with van der Waals surface area (Å²) in [6.45, 7) is 2.82. The third-order valence-electron chi connectivity index (χ3n) is 4.20. The number of Topliss-reactive ketones (excluding diaryl/α,β-unsaturated/α-hetero) is 1. The van der Waals surface area contributed by atoms with Crippen LogP contribution in [0.2, 0.25) is 0 Å². The van der Waals surface area contributed by atoms with Crippen LogP contribution in [0, 0.1) is 6.92 Å².